The molecule has 0 bridgehead atoms. The third-order valence-corrected chi connectivity index (χ3v) is 3.47. The van der Waals surface area contributed by atoms with Gasteiger partial charge >= 0.3 is 0 Å². The minimum absolute atomic E-state index is 0.108. The first-order chi connectivity index (χ1) is 10.5. The number of carbonyl (C=O) groups excluding carboxylic acids is 1. The smallest absolute Gasteiger partial charge is 0.225 e. The van der Waals surface area contributed by atoms with Crippen LogP contribution in [-0.4, -0.2) is 39.5 Å². The molecule has 0 unspecified atom stereocenters. The molecule has 1 atom stereocenters. The van der Waals surface area contributed by atoms with Crippen molar-refractivity contribution in [1.29, 1.82) is 0 Å². The Morgan fingerprint density at radius 1 is 1.50 bits per heavy atom. The van der Waals surface area contributed by atoms with Crippen LogP contribution in [0.2, 0.25) is 0 Å². The van der Waals surface area contributed by atoms with Gasteiger partial charge in [0.15, 0.2) is 5.82 Å². The molecule has 0 aliphatic carbocycles. The largest absolute Gasteiger partial charge is 0.383 e. The summed E-state index contributed by atoms with van der Waals surface area (Å²) in [5, 5.41) is 14.7. The molecule has 120 valence electrons. The summed E-state index contributed by atoms with van der Waals surface area (Å²) in [5.74, 6) is 1.26. The molecule has 2 heterocycles. The van der Waals surface area contributed by atoms with Crippen LogP contribution in [-0.2, 0) is 22.5 Å². The van der Waals surface area contributed by atoms with Crippen LogP contribution in [0, 0.1) is 13.8 Å². The third kappa shape index (κ3) is 3.70. The van der Waals surface area contributed by atoms with Gasteiger partial charge in [0, 0.05) is 19.2 Å². The highest BCUT2D eigenvalue weighted by Gasteiger charge is 2.18. The molecule has 1 amide bonds. The summed E-state index contributed by atoms with van der Waals surface area (Å²) < 4.78 is 12.0. The first-order valence-corrected chi connectivity index (χ1v) is 7.10. The SMILES string of the molecule is COCCn1cnnc1[C@@H](C)NC(=O)Cc1c(C)noc1C. The first-order valence-electron chi connectivity index (χ1n) is 7.10. The molecule has 8 heteroatoms. The second kappa shape index (κ2) is 7.17. The van der Waals surface area contributed by atoms with Crippen molar-refractivity contribution in [3.8, 4) is 0 Å². The summed E-state index contributed by atoms with van der Waals surface area (Å²) >= 11 is 0. The van der Waals surface area contributed by atoms with Gasteiger partial charge in [-0.2, -0.15) is 0 Å². The third-order valence-electron chi connectivity index (χ3n) is 3.47. The molecule has 2 aromatic rings. The lowest BCUT2D eigenvalue weighted by atomic mass is 10.1. The maximum atomic E-state index is 12.2. The second-order valence-electron chi connectivity index (χ2n) is 5.14. The fraction of sp³-hybridized carbons (Fsp3) is 0.571. The number of rotatable bonds is 7. The zero-order chi connectivity index (χ0) is 16.1. The van der Waals surface area contributed by atoms with Gasteiger partial charge in [0.25, 0.3) is 0 Å². The quantitative estimate of drug-likeness (QED) is 0.818. The number of ether oxygens (including phenoxy) is 1. The number of methoxy groups -OCH3 is 1. The number of nitrogens with zero attached hydrogens (tertiary/aromatic N) is 4. The summed E-state index contributed by atoms with van der Waals surface area (Å²) in [4.78, 5) is 12.2. The van der Waals surface area contributed by atoms with E-state index in [9.17, 15) is 4.79 Å². The van der Waals surface area contributed by atoms with Gasteiger partial charge in [-0.1, -0.05) is 5.16 Å². The van der Waals surface area contributed by atoms with Gasteiger partial charge in [0.2, 0.25) is 5.91 Å². The van der Waals surface area contributed by atoms with Crippen LogP contribution < -0.4 is 5.32 Å². The lowest BCUT2D eigenvalue weighted by Gasteiger charge is -2.14. The number of aromatic nitrogens is 4. The van der Waals surface area contributed by atoms with Crippen LogP contribution in [0.25, 0.3) is 0 Å². The summed E-state index contributed by atoms with van der Waals surface area (Å²) in [6, 6.07) is -0.243. The van der Waals surface area contributed by atoms with Crippen molar-refractivity contribution < 1.29 is 14.1 Å². The topological polar surface area (TPSA) is 95.1 Å². The minimum Gasteiger partial charge on any atom is -0.383 e. The molecule has 8 nitrogen and oxygen atoms in total. The summed E-state index contributed by atoms with van der Waals surface area (Å²) in [5.41, 5.74) is 1.56. The maximum Gasteiger partial charge on any atom is 0.225 e. The molecular weight excluding hydrogens is 286 g/mol. The molecule has 2 rings (SSSR count). The van der Waals surface area contributed by atoms with E-state index in [2.05, 4.69) is 20.7 Å². The first kappa shape index (κ1) is 16.2. The molecular formula is C14H21N5O3. The van der Waals surface area contributed by atoms with Gasteiger partial charge in [-0.15, -0.1) is 10.2 Å². The Morgan fingerprint density at radius 3 is 2.91 bits per heavy atom. The average molecular weight is 307 g/mol. The molecule has 0 fully saturated rings. The van der Waals surface area contributed by atoms with E-state index in [4.69, 9.17) is 9.26 Å². The zero-order valence-corrected chi connectivity index (χ0v) is 13.3. The standard InChI is InChI=1S/C14H21N5O3/c1-9-12(11(3)22-18-9)7-13(20)16-10(2)14-17-15-8-19(14)5-6-21-4/h8,10H,5-7H2,1-4H3,(H,16,20)/t10-/m1/s1. The van der Waals surface area contributed by atoms with Gasteiger partial charge in [0.1, 0.15) is 12.1 Å². The van der Waals surface area contributed by atoms with Crippen LogP contribution >= 0.6 is 0 Å². The minimum atomic E-state index is -0.243. The van der Waals surface area contributed by atoms with Crippen LogP contribution in [0.1, 0.15) is 35.8 Å². The molecule has 2 aromatic heterocycles. The van der Waals surface area contributed by atoms with Crippen molar-refractivity contribution in [1.82, 2.24) is 25.2 Å². The second-order valence-corrected chi connectivity index (χ2v) is 5.14. The molecule has 0 radical (unpaired) electrons. The van der Waals surface area contributed by atoms with E-state index >= 15 is 0 Å². The normalized spacial score (nSPS) is 12.4. The highest BCUT2D eigenvalue weighted by molar-refractivity contribution is 5.79. The molecule has 22 heavy (non-hydrogen) atoms. The Morgan fingerprint density at radius 2 is 2.27 bits per heavy atom. The molecule has 0 spiro atoms. The van der Waals surface area contributed by atoms with E-state index in [0.29, 0.717) is 24.7 Å². The van der Waals surface area contributed by atoms with Crippen molar-refractivity contribution in [2.75, 3.05) is 13.7 Å². The number of hydrogen-bond donors (Lipinski definition) is 1. The molecule has 0 aromatic carbocycles. The monoisotopic (exact) mass is 307 g/mol. The number of carbonyl (C=O) groups is 1. The van der Waals surface area contributed by atoms with E-state index < -0.39 is 0 Å². The Kier molecular flexibility index (Phi) is 5.26. The number of hydrogen-bond acceptors (Lipinski definition) is 6. The van der Waals surface area contributed by atoms with Crippen LogP contribution in [0.4, 0.5) is 0 Å². The van der Waals surface area contributed by atoms with Crippen LogP contribution in [0.5, 0.6) is 0 Å². The molecule has 0 aliphatic heterocycles. The summed E-state index contributed by atoms with van der Waals surface area (Å²) in [6.07, 6.45) is 1.86. The Balaban J connectivity index is 1.98. The lowest BCUT2D eigenvalue weighted by molar-refractivity contribution is -0.121. The highest BCUT2D eigenvalue weighted by atomic mass is 16.5. The van der Waals surface area contributed by atoms with Gasteiger partial charge < -0.3 is 19.1 Å². The summed E-state index contributed by atoms with van der Waals surface area (Å²) in [7, 11) is 1.64. The predicted octanol–water partition coefficient (Wildman–Crippen LogP) is 0.949. The fourth-order valence-corrected chi connectivity index (χ4v) is 2.23. The number of amides is 1. The van der Waals surface area contributed by atoms with Crippen LogP contribution in [0.3, 0.4) is 0 Å². The van der Waals surface area contributed by atoms with E-state index in [1.54, 1.807) is 20.4 Å². The van der Waals surface area contributed by atoms with Crippen molar-refractivity contribution in [2.45, 2.75) is 39.8 Å². The van der Waals surface area contributed by atoms with Gasteiger partial charge in [-0.25, -0.2) is 0 Å². The molecule has 1 N–H and O–H groups in total. The van der Waals surface area contributed by atoms with Crippen molar-refractivity contribution in [2.24, 2.45) is 0 Å². The number of aryl methyl sites for hydroxylation is 2. The van der Waals surface area contributed by atoms with Crippen molar-refractivity contribution in [3.63, 3.8) is 0 Å². The van der Waals surface area contributed by atoms with Gasteiger partial charge in [-0.05, 0) is 20.8 Å². The molecule has 0 saturated heterocycles. The van der Waals surface area contributed by atoms with Crippen LogP contribution in [0.15, 0.2) is 10.9 Å². The Hall–Kier alpha value is -2.22. The van der Waals surface area contributed by atoms with Crippen molar-refractivity contribution in [3.05, 3.63) is 29.2 Å². The fourth-order valence-electron chi connectivity index (χ4n) is 2.23. The molecule has 0 aliphatic rings. The highest BCUT2D eigenvalue weighted by Crippen LogP contribution is 2.14. The van der Waals surface area contributed by atoms with E-state index in [-0.39, 0.29) is 18.4 Å². The van der Waals surface area contributed by atoms with Gasteiger partial charge in [0.05, 0.1) is 24.8 Å². The van der Waals surface area contributed by atoms with E-state index in [0.717, 1.165) is 11.3 Å². The van der Waals surface area contributed by atoms with E-state index in [1.165, 1.54) is 0 Å². The Bertz CT molecular complexity index is 615. The van der Waals surface area contributed by atoms with Gasteiger partial charge in [-0.3, -0.25) is 4.79 Å². The predicted molar refractivity (Wildman–Crippen MR) is 78.1 cm³/mol. The average Bonchev–Trinajstić information content (AvgIpc) is 3.06. The summed E-state index contributed by atoms with van der Waals surface area (Å²) in [6.45, 7) is 6.70. The lowest BCUT2D eigenvalue weighted by Crippen LogP contribution is -2.30. The van der Waals surface area contributed by atoms with E-state index in [1.807, 2.05) is 18.4 Å². The zero-order valence-electron chi connectivity index (χ0n) is 13.3. The van der Waals surface area contributed by atoms with Crippen molar-refractivity contribution >= 4 is 5.91 Å². The molecule has 0 saturated carbocycles. The maximum absolute atomic E-state index is 12.2. The number of nitrogens with one attached hydrogen (secondary N) is 1. The Labute approximate surface area is 128 Å².